The van der Waals surface area contributed by atoms with Crippen LogP contribution in [-0.4, -0.2) is 43.6 Å². The number of ether oxygens (including phenoxy) is 1. The highest BCUT2D eigenvalue weighted by molar-refractivity contribution is 6.32. The number of hydrogen-bond acceptors (Lipinski definition) is 3. The average molecular weight is 291 g/mol. The van der Waals surface area contributed by atoms with E-state index >= 15 is 0 Å². The largest absolute Gasteiger partial charge is 0.482 e. The first-order valence-electron chi connectivity index (χ1n) is 5.63. The van der Waals surface area contributed by atoms with Crippen LogP contribution in [0.2, 0.25) is 5.02 Å². The van der Waals surface area contributed by atoms with E-state index in [2.05, 4.69) is 5.32 Å². The van der Waals surface area contributed by atoms with E-state index in [9.17, 15) is 4.79 Å². The number of nitrogens with zero attached hydrogens (tertiary/aromatic N) is 1. The summed E-state index contributed by atoms with van der Waals surface area (Å²) in [5, 5.41) is 3.73. The molecule has 18 heavy (non-hydrogen) atoms. The molecule has 4 nitrogen and oxygen atoms in total. The Morgan fingerprint density at radius 3 is 2.67 bits per heavy atom. The van der Waals surface area contributed by atoms with Crippen LogP contribution in [-0.2, 0) is 4.79 Å². The number of carbonyl (C=O) groups is 1. The molecule has 100 valence electrons. The van der Waals surface area contributed by atoms with E-state index < -0.39 is 0 Å². The molecule has 1 fully saturated rings. The Morgan fingerprint density at radius 1 is 1.33 bits per heavy atom. The molecule has 1 saturated heterocycles. The van der Waals surface area contributed by atoms with Gasteiger partial charge in [0, 0.05) is 26.2 Å². The Hall–Kier alpha value is -0.970. The minimum Gasteiger partial charge on any atom is -0.482 e. The smallest absolute Gasteiger partial charge is 0.260 e. The fraction of sp³-hybridized carbons (Fsp3) is 0.417. The van der Waals surface area contributed by atoms with Crippen molar-refractivity contribution in [2.75, 3.05) is 32.8 Å². The number of rotatable bonds is 3. The quantitative estimate of drug-likeness (QED) is 0.919. The summed E-state index contributed by atoms with van der Waals surface area (Å²) < 4.78 is 5.41. The third-order valence-electron chi connectivity index (χ3n) is 2.66. The summed E-state index contributed by atoms with van der Waals surface area (Å²) in [7, 11) is 0. The van der Waals surface area contributed by atoms with Crippen molar-refractivity contribution in [3.05, 3.63) is 29.3 Å². The van der Waals surface area contributed by atoms with E-state index in [0.717, 1.165) is 26.2 Å². The molecule has 1 N–H and O–H groups in total. The van der Waals surface area contributed by atoms with Gasteiger partial charge in [-0.1, -0.05) is 23.7 Å². The van der Waals surface area contributed by atoms with Gasteiger partial charge in [-0.05, 0) is 12.1 Å². The minimum atomic E-state index is 0. The Bertz CT molecular complexity index is 395. The number of hydrogen-bond donors (Lipinski definition) is 1. The summed E-state index contributed by atoms with van der Waals surface area (Å²) in [4.78, 5) is 13.6. The van der Waals surface area contributed by atoms with Crippen molar-refractivity contribution in [2.45, 2.75) is 0 Å². The van der Waals surface area contributed by atoms with Crippen LogP contribution in [0.5, 0.6) is 5.75 Å². The lowest BCUT2D eigenvalue weighted by molar-refractivity contribution is -0.133. The lowest BCUT2D eigenvalue weighted by Gasteiger charge is -2.27. The highest BCUT2D eigenvalue weighted by Crippen LogP contribution is 2.22. The van der Waals surface area contributed by atoms with Gasteiger partial charge < -0.3 is 15.0 Å². The van der Waals surface area contributed by atoms with Crippen LogP contribution in [0.1, 0.15) is 0 Å². The van der Waals surface area contributed by atoms with Gasteiger partial charge in [-0.15, -0.1) is 12.4 Å². The first kappa shape index (κ1) is 15.1. The van der Waals surface area contributed by atoms with Gasteiger partial charge in [0.05, 0.1) is 5.02 Å². The monoisotopic (exact) mass is 290 g/mol. The lowest BCUT2D eigenvalue weighted by Crippen LogP contribution is -2.47. The molecule has 1 aromatic rings. The van der Waals surface area contributed by atoms with Crippen LogP contribution < -0.4 is 10.1 Å². The first-order chi connectivity index (χ1) is 8.27. The predicted molar refractivity (Wildman–Crippen MR) is 73.6 cm³/mol. The Kier molecular flexibility index (Phi) is 6.25. The summed E-state index contributed by atoms with van der Waals surface area (Å²) in [5.41, 5.74) is 0. The van der Waals surface area contributed by atoms with Gasteiger partial charge >= 0.3 is 0 Å². The third-order valence-corrected chi connectivity index (χ3v) is 2.97. The van der Waals surface area contributed by atoms with Crippen LogP contribution in [0.25, 0.3) is 0 Å². The molecule has 0 radical (unpaired) electrons. The SMILES string of the molecule is Cl.O=C(COc1ccccc1Cl)N1CCNCC1. The molecule has 0 saturated carbocycles. The summed E-state index contributed by atoms with van der Waals surface area (Å²) in [5.74, 6) is 0.559. The van der Waals surface area contributed by atoms with Crippen molar-refractivity contribution in [3.63, 3.8) is 0 Å². The van der Waals surface area contributed by atoms with Crippen LogP contribution in [0.15, 0.2) is 24.3 Å². The summed E-state index contributed by atoms with van der Waals surface area (Å²) in [6.45, 7) is 3.22. The van der Waals surface area contributed by atoms with Gasteiger partial charge in [0.1, 0.15) is 5.75 Å². The molecule has 0 atom stereocenters. The standard InChI is InChI=1S/C12H15ClN2O2.ClH/c13-10-3-1-2-4-11(10)17-9-12(16)15-7-5-14-6-8-15;/h1-4,14H,5-9H2;1H. The molecule has 0 aliphatic carbocycles. The maximum Gasteiger partial charge on any atom is 0.260 e. The van der Waals surface area contributed by atoms with Gasteiger partial charge in [0.15, 0.2) is 6.61 Å². The average Bonchev–Trinajstić information content (AvgIpc) is 2.38. The van der Waals surface area contributed by atoms with Crippen molar-refractivity contribution in [1.82, 2.24) is 10.2 Å². The van der Waals surface area contributed by atoms with E-state index in [1.54, 1.807) is 17.0 Å². The second-order valence-corrected chi connectivity index (χ2v) is 4.26. The molecular formula is C12H16Cl2N2O2. The lowest BCUT2D eigenvalue weighted by atomic mass is 10.3. The second-order valence-electron chi connectivity index (χ2n) is 3.85. The number of amides is 1. The zero-order chi connectivity index (χ0) is 12.1. The van der Waals surface area contributed by atoms with E-state index in [4.69, 9.17) is 16.3 Å². The van der Waals surface area contributed by atoms with Crippen LogP contribution in [0.4, 0.5) is 0 Å². The number of para-hydroxylation sites is 1. The fourth-order valence-electron chi connectivity index (χ4n) is 1.71. The van der Waals surface area contributed by atoms with Gasteiger partial charge in [0.2, 0.25) is 0 Å². The van der Waals surface area contributed by atoms with E-state index in [-0.39, 0.29) is 24.9 Å². The van der Waals surface area contributed by atoms with Crippen molar-refractivity contribution < 1.29 is 9.53 Å². The maximum absolute atomic E-state index is 11.8. The molecule has 0 bridgehead atoms. The Balaban J connectivity index is 0.00000162. The molecule has 0 aromatic heterocycles. The van der Waals surface area contributed by atoms with Gasteiger partial charge in [-0.3, -0.25) is 4.79 Å². The number of halogens is 2. The second kappa shape index (κ2) is 7.46. The molecule has 1 amide bonds. The predicted octanol–water partition coefficient (Wildman–Crippen LogP) is 1.57. The number of piperazine rings is 1. The van der Waals surface area contributed by atoms with E-state index in [1.807, 2.05) is 12.1 Å². The third kappa shape index (κ3) is 4.05. The molecule has 0 unspecified atom stereocenters. The van der Waals surface area contributed by atoms with Gasteiger partial charge in [-0.25, -0.2) is 0 Å². The van der Waals surface area contributed by atoms with Crippen LogP contribution in [0.3, 0.4) is 0 Å². The minimum absolute atomic E-state index is 0. The molecule has 0 spiro atoms. The van der Waals surface area contributed by atoms with Gasteiger partial charge in [-0.2, -0.15) is 0 Å². The first-order valence-corrected chi connectivity index (χ1v) is 6.01. The highest BCUT2D eigenvalue weighted by atomic mass is 35.5. The van der Waals surface area contributed by atoms with Crippen molar-refractivity contribution >= 4 is 29.9 Å². The summed E-state index contributed by atoms with van der Waals surface area (Å²) in [6, 6.07) is 7.16. The van der Waals surface area contributed by atoms with Crippen molar-refractivity contribution in [1.29, 1.82) is 0 Å². The number of benzene rings is 1. The topological polar surface area (TPSA) is 41.6 Å². The number of nitrogens with one attached hydrogen (secondary N) is 1. The van der Waals surface area contributed by atoms with Crippen LogP contribution >= 0.6 is 24.0 Å². The fourth-order valence-corrected chi connectivity index (χ4v) is 1.90. The molecule has 1 heterocycles. The van der Waals surface area contributed by atoms with Crippen molar-refractivity contribution in [2.24, 2.45) is 0 Å². The van der Waals surface area contributed by atoms with E-state index in [1.165, 1.54) is 0 Å². The molecule has 2 rings (SSSR count). The Labute approximate surface area is 118 Å². The zero-order valence-corrected chi connectivity index (χ0v) is 11.5. The molecular weight excluding hydrogens is 275 g/mol. The summed E-state index contributed by atoms with van der Waals surface area (Å²) >= 11 is 5.93. The number of carbonyl (C=O) groups excluding carboxylic acids is 1. The maximum atomic E-state index is 11.8. The Morgan fingerprint density at radius 2 is 2.00 bits per heavy atom. The molecule has 6 heteroatoms. The normalized spacial score (nSPS) is 14.8. The zero-order valence-electron chi connectivity index (χ0n) is 9.89. The summed E-state index contributed by atoms with van der Waals surface area (Å²) in [6.07, 6.45) is 0. The molecule has 1 aromatic carbocycles. The molecule has 1 aliphatic heterocycles. The molecule has 1 aliphatic rings. The highest BCUT2D eigenvalue weighted by Gasteiger charge is 2.16. The van der Waals surface area contributed by atoms with Crippen LogP contribution in [0, 0.1) is 0 Å². The van der Waals surface area contributed by atoms with Crippen molar-refractivity contribution in [3.8, 4) is 5.75 Å². The van der Waals surface area contributed by atoms with E-state index in [0.29, 0.717) is 10.8 Å². The van der Waals surface area contributed by atoms with Gasteiger partial charge in [0.25, 0.3) is 5.91 Å².